The lowest BCUT2D eigenvalue weighted by molar-refractivity contribution is 0.890. The van der Waals surface area contributed by atoms with Crippen LogP contribution in [0.5, 0.6) is 0 Å². The van der Waals surface area contributed by atoms with Crippen molar-refractivity contribution in [2.24, 2.45) is 0 Å². The Balaban J connectivity index is 2.46. The number of aromatic nitrogens is 2. The minimum atomic E-state index is 1.07. The highest BCUT2D eigenvalue weighted by molar-refractivity contribution is 5.74. The molecule has 2 nitrogen and oxygen atoms in total. The molecule has 0 bridgehead atoms. The molecule has 2 heterocycles. The molecular weight excluding hydrogens is 148 g/mol. The molecule has 62 valence electrons. The van der Waals surface area contributed by atoms with Crippen LogP contribution in [0.3, 0.4) is 0 Å². The summed E-state index contributed by atoms with van der Waals surface area (Å²) in [6.07, 6.45) is 4.15. The van der Waals surface area contributed by atoms with E-state index in [1.807, 2.05) is 12.3 Å². The average Bonchev–Trinajstić information content (AvgIpc) is 2.51. The number of fused-ring (bicyclic) bond motifs is 1. The van der Waals surface area contributed by atoms with E-state index in [0.717, 1.165) is 23.9 Å². The molecule has 0 saturated carbocycles. The van der Waals surface area contributed by atoms with Crippen molar-refractivity contribution in [3.63, 3.8) is 0 Å². The van der Waals surface area contributed by atoms with Gasteiger partial charge in [-0.3, -0.25) is 4.98 Å². The van der Waals surface area contributed by atoms with Gasteiger partial charge in [-0.25, -0.2) is 0 Å². The summed E-state index contributed by atoms with van der Waals surface area (Å²) in [6.45, 7) is 2.17. The molecule has 0 aliphatic carbocycles. The van der Waals surface area contributed by atoms with Crippen molar-refractivity contribution in [2.45, 2.75) is 19.8 Å². The van der Waals surface area contributed by atoms with Gasteiger partial charge in [-0.1, -0.05) is 13.3 Å². The van der Waals surface area contributed by atoms with Gasteiger partial charge in [-0.2, -0.15) is 0 Å². The van der Waals surface area contributed by atoms with E-state index in [1.165, 1.54) is 5.69 Å². The SMILES string of the molecule is CCCc1ccc2[nH]ccc2n1. The minimum Gasteiger partial charge on any atom is -0.360 e. The molecular formula is C10H12N2. The molecule has 0 aliphatic rings. The van der Waals surface area contributed by atoms with Crippen molar-refractivity contribution >= 4 is 11.0 Å². The molecule has 0 atom stereocenters. The zero-order valence-corrected chi connectivity index (χ0v) is 7.17. The fourth-order valence-electron chi connectivity index (χ4n) is 1.37. The Labute approximate surface area is 71.6 Å². The van der Waals surface area contributed by atoms with Crippen LogP contribution in [-0.2, 0) is 6.42 Å². The number of hydrogen-bond acceptors (Lipinski definition) is 1. The number of rotatable bonds is 2. The lowest BCUT2D eigenvalue weighted by Crippen LogP contribution is -1.87. The molecule has 0 saturated heterocycles. The Hall–Kier alpha value is -1.31. The van der Waals surface area contributed by atoms with Gasteiger partial charge in [0.1, 0.15) is 0 Å². The van der Waals surface area contributed by atoms with Crippen molar-refractivity contribution in [1.82, 2.24) is 9.97 Å². The molecule has 12 heavy (non-hydrogen) atoms. The standard InChI is InChI=1S/C10H12N2/c1-2-3-8-4-5-9-10(12-8)6-7-11-9/h4-7,11H,2-3H2,1H3. The first-order valence-electron chi connectivity index (χ1n) is 4.33. The summed E-state index contributed by atoms with van der Waals surface area (Å²) < 4.78 is 0. The van der Waals surface area contributed by atoms with Crippen molar-refractivity contribution in [1.29, 1.82) is 0 Å². The fourth-order valence-corrected chi connectivity index (χ4v) is 1.37. The van der Waals surface area contributed by atoms with Gasteiger partial charge in [0.15, 0.2) is 0 Å². The summed E-state index contributed by atoms with van der Waals surface area (Å²) in [5, 5.41) is 0. The zero-order valence-electron chi connectivity index (χ0n) is 7.17. The van der Waals surface area contributed by atoms with Gasteiger partial charge in [0.05, 0.1) is 11.0 Å². The predicted molar refractivity (Wildman–Crippen MR) is 50.1 cm³/mol. The van der Waals surface area contributed by atoms with Gasteiger partial charge in [0.2, 0.25) is 0 Å². The summed E-state index contributed by atoms with van der Waals surface area (Å²) in [7, 11) is 0. The summed E-state index contributed by atoms with van der Waals surface area (Å²) in [5.74, 6) is 0. The van der Waals surface area contributed by atoms with E-state index in [2.05, 4.69) is 29.0 Å². The number of nitrogens with zero attached hydrogens (tertiary/aromatic N) is 1. The van der Waals surface area contributed by atoms with E-state index in [4.69, 9.17) is 0 Å². The van der Waals surface area contributed by atoms with E-state index in [9.17, 15) is 0 Å². The first-order valence-corrected chi connectivity index (χ1v) is 4.33. The van der Waals surface area contributed by atoms with Gasteiger partial charge in [0, 0.05) is 11.9 Å². The van der Waals surface area contributed by atoms with E-state index < -0.39 is 0 Å². The van der Waals surface area contributed by atoms with E-state index in [1.54, 1.807) is 0 Å². The van der Waals surface area contributed by atoms with Crippen LogP contribution in [0.25, 0.3) is 11.0 Å². The highest BCUT2D eigenvalue weighted by atomic mass is 14.8. The van der Waals surface area contributed by atoms with Crippen LogP contribution in [0, 0.1) is 0 Å². The summed E-state index contributed by atoms with van der Waals surface area (Å²) in [5.41, 5.74) is 3.38. The van der Waals surface area contributed by atoms with E-state index in [-0.39, 0.29) is 0 Å². The second-order valence-corrected chi connectivity index (χ2v) is 2.96. The number of aromatic amines is 1. The molecule has 2 rings (SSSR count). The molecule has 0 fully saturated rings. The number of hydrogen-bond donors (Lipinski definition) is 1. The average molecular weight is 160 g/mol. The summed E-state index contributed by atoms with van der Waals surface area (Å²) in [4.78, 5) is 7.62. The molecule has 0 spiro atoms. The molecule has 1 N–H and O–H groups in total. The quantitative estimate of drug-likeness (QED) is 0.718. The minimum absolute atomic E-state index is 1.07. The first-order chi connectivity index (χ1) is 5.90. The van der Waals surface area contributed by atoms with Crippen LogP contribution >= 0.6 is 0 Å². The van der Waals surface area contributed by atoms with Crippen molar-refractivity contribution in [2.75, 3.05) is 0 Å². The smallest absolute Gasteiger partial charge is 0.0882 e. The molecule has 0 amide bonds. The Kier molecular flexibility index (Phi) is 1.82. The van der Waals surface area contributed by atoms with Gasteiger partial charge >= 0.3 is 0 Å². The number of aryl methyl sites for hydroxylation is 1. The maximum Gasteiger partial charge on any atom is 0.0882 e. The first kappa shape index (κ1) is 7.35. The third-order valence-corrected chi connectivity index (χ3v) is 1.97. The third-order valence-electron chi connectivity index (χ3n) is 1.97. The normalized spacial score (nSPS) is 10.8. The Morgan fingerprint density at radius 3 is 3.08 bits per heavy atom. The lowest BCUT2D eigenvalue weighted by atomic mass is 10.2. The molecule has 0 aromatic carbocycles. The summed E-state index contributed by atoms with van der Waals surface area (Å²) >= 11 is 0. The number of pyridine rings is 1. The van der Waals surface area contributed by atoms with Crippen molar-refractivity contribution < 1.29 is 0 Å². The Morgan fingerprint density at radius 1 is 1.33 bits per heavy atom. The molecule has 2 aromatic heterocycles. The van der Waals surface area contributed by atoms with Gasteiger partial charge in [-0.15, -0.1) is 0 Å². The largest absolute Gasteiger partial charge is 0.360 e. The van der Waals surface area contributed by atoms with Crippen molar-refractivity contribution in [3.05, 3.63) is 30.1 Å². The highest BCUT2D eigenvalue weighted by Gasteiger charge is 1.96. The molecule has 2 heteroatoms. The van der Waals surface area contributed by atoms with Crippen molar-refractivity contribution in [3.8, 4) is 0 Å². The Morgan fingerprint density at radius 2 is 2.25 bits per heavy atom. The third kappa shape index (κ3) is 1.20. The number of nitrogens with one attached hydrogen (secondary N) is 1. The van der Waals surface area contributed by atoms with E-state index in [0.29, 0.717) is 0 Å². The lowest BCUT2D eigenvalue weighted by Gasteiger charge is -1.96. The van der Waals surface area contributed by atoms with Crippen LogP contribution in [0.1, 0.15) is 19.0 Å². The topological polar surface area (TPSA) is 28.7 Å². The molecule has 0 unspecified atom stereocenters. The van der Waals surface area contributed by atoms with Gasteiger partial charge in [-0.05, 0) is 24.6 Å². The van der Waals surface area contributed by atoms with E-state index >= 15 is 0 Å². The van der Waals surface area contributed by atoms with Crippen LogP contribution in [0.4, 0.5) is 0 Å². The molecule has 2 aromatic rings. The predicted octanol–water partition coefficient (Wildman–Crippen LogP) is 2.52. The summed E-state index contributed by atoms with van der Waals surface area (Å²) in [6, 6.07) is 6.18. The number of H-pyrrole nitrogens is 1. The maximum absolute atomic E-state index is 4.49. The van der Waals surface area contributed by atoms with Crippen LogP contribution in [0.2, 0.25) is 0 Å². The fraction of sp³-hybridized carbons (Fsp3) is 0.300. The van der Waals surface area contributed by atoms with Gasteiger partial charge in [0.25, 0.3) is 0 Å². The van der Waals surface area contributed by atoms with Crippen LogP contribution < -0.4 is 0 Å². The molecule has 0 radical (unpaired) electrons. The Bertz CT molecular complexity index is 376. The second-order valence-electron chi connectivity index (χ2n) is 2.96. The van der Waals surface area contributed by atoms with Gasteiger partial charge < -0.3 is 4.98 Å². The monoisotopic (exact) mass is 160 g/mol. The second kappa shape index (κ2) is 2.97. The molecule has 0 aliphatic heterocycles. The van der Waals surface area contributed by atoms with Crippen LogP contribution in [0.15, 0.2) is 24.4 Å². The highest BCUT2D eigenvalue weighted by Crippen LogP contribution is 2.10. The zero-order chi connectivity index (χ0) is 8.39. The van der Waals surface area contributed by atoms with Crippen LogP contribution in [-0.4, -0.2) is 9.97 Å². The maximum atomic E-state index is 4.49.